The second kappa shape index (κ2) is 4.40. The first-order chi connectivity index (χ1) is 7.06. The van der Waals surface area contributed by atoms with Crippen LogP contribution >= 0.6 is 0 Å². The fourth-order valence-corrected chi connectivity index (χ4v) is 1.55. The minimum absolute atomic E-state index is 0.282. The number of carboxylic acid groups (broad SMARTS) is 1. The lowest BCUT2D eigenvalue weighted by Crippen LogP contribution is -2.37. The van der Waals surface area contributed by atoms with Crippen molar-refractivity contribution in [3.05, 3.63) is 35.6 Å². The number of rotatable bonds is 4. The van der Waals surface area contributed by atoms with E-state index in [0.29, 0.717) is 5.56 Å². The molecule has 0 heterocycles. The van der Waals surface area contributed by atoms with E-state index >= 15 is 0 Å². The molecule has 0 aliphatic rings. The summed E-state index contributed by atoms with van der Waals surface area (Å²) in [6.07, 6.45) is 0.282. The zero-order valence-corrected chi connectivity index (χ0v) is 8.66. The molecule has 3 nitrogen and oxygen atoms in total. The number of ether oxygens (including phenoxy) is 1. The molecule has 1 rings (SSSR count). The number of methoxy groups -OCH3 is 1. The van der Waals surface area contributed by atoms with Crippen LogP contribution in [-0.2, 0) is 15.1 Å². The second-order valence-corrected chi connectivity index (χ2v) is 3.20. The lowest BCUT2D eigenvalue weighted by molar-refractivity contribution is -0.164. The van der Waals surface area contributed by atoms with Crippen LogP contribution in [0.15, 0.2) is 24.3 Å². The third-order valence-electron chi connectivity index (χ3n) is 2.50. The van der Waals surface area contributed by atoms with Crippen LogP contribution in [0.4, 0.5) is 4.39 Å². The highest BCUT2D eigenvalue weighted by molar-refractivity contribution is 5.79. The molecule has 0 amide bonds. The van der Waals surface area contributed by atoms with E-state index in [2.05, 4.69) is 0 Å². The largest absolute Gasteiger partial charge is 0.479 e. The van der Waals surface area contributed by atoms with Crippen molar-refractivity contribution in [2.75, 3.05) is 7.11 Å². The van der Waals surface area contributed by atoms with Gasteiger partial charge in [-0.05, 0) is 24.1 Å². The quantitative estimate of drug-likeness (QED) is 0.831. The summed E-state index contributed by atoms with van der Waals surface area (Å²) in [5.74, 6) is -1.47. The first-order valence-electron chi connectivity index (χ1n) is 4.61. The van der Waals surface area contributed by atoms with Crippen molar-refractivity contribution in [1.29, 1.82) is 0 Å². The van der Waals surface area contributed by atoms with Crippen LogP contribution < -0.4 is 0 Å². The molecule has 0 saturated carbocycles. The summed E-state index contributed by atoms with van der Waals surface area (Å²) >= 11 is 0. The fraction of sp³-hybridized carbons (Fsp3) is 0.364. The topological polar surface area (TPSA) is 46.5 Å². The Morgan fingerprint density at radius 3 is 2.33 bits per heavy atom. The standard InChI is InChI=1S/C11H13FO3/c1-3-11(15-2,10(13)14)8-4-6-9(12)7-5-8/h4-7H,3H2,1-2H3,(H,13,14). The van der Waals surface area contributed by atoms with Crippen LogP contribution in [0.25, 0.3) is 0 Å². The van der Waals surface area contributed by atoms with Gasteiger partial charge in [-0.25, -0.2) is 9.18 Å². The second-order valence-electron chi connectivity index (χ2n) is 3.20. The SMILES string of the molecule is CCC(OC)(C(=O)O)c1ccc(F)cc1. The summed E-state index contributed by atoms with van der Waals surface area (Å²) < 4.78 is 17.7. The van der Waals surface area contributed by atoms with Gasteiger partial charge in [0.05, 0.1) is 0 Å². The molecule has 0 radical (unpaired) electrons. The van der Waals surface area contributed by atoms with Gasteiger partial charge in [-0.2, -0.15) is 0 Å². The number of carbonyl (C=O) groups is 1. The Morgan fingerprint density at radius 1 is 1.47 bits per heavy atom. The average molecular weight is 212 g/mol. The van der Waals surface area contributed by atoms with E-state index in [4.69, 9.17) is 9.84 Å². The number of benzene rings is 1. The van der Waals surface area contributed by atoms with Crippen LogP contribution in [-0.4, -0.2) is 18.2 Å². The molecular formula is C11H13FO3. The van der Waals surface area contributed by atoms with Gasteiger partial charge in [-0.3, -0.25) is 0 Å². The van der Waals surface area contributed by atoms with E-state index < -0.39 is 17.4 Å². The third-order valence-corrected chi connectivity index (χ3v) is 2.50. The van der Waals surface area contributed by atoms with Gasteiger partial charge in [-0.15, -0.1) is 0 Å². The highest BCUT2D eigenvalue weighted by atomic mass is 19.1. The summed E-state index contributed by atoms with van der Waals surface area (Å²) in [6.45, 7) is 1.71. The van der Waals surface area contributed by atoms with Gasteiger partial charge in [0.2, 0.25) is 0 Å². The maximum absolute atomic E-state index is 12.7. The number of halogens is 1. The molecule has 0 saturated heterocycles. The van der Waals surface area contributed by atoms with E-state index in [1.165, 1.54) is 31.4 Å². The number of aliphatic carboxylic acids is 1. The van der Waals surface area contributed by atoms with Gasteiger partial charge in [0.1, 0.15) is 5.82 Å². The van der Waals surface area contributed by atoms with Crippen LogP contribution in [0, 0.1) is 5.82 Å². The molecule has 0 spiro atoms. The Bertz CT molecular complexity index is 341. The number of hydrogen-bond acceptors (Lipinski definition) is 2. The summed E-state index contributed by atoms with van der Waals surface area (Å²) in [6, 6.07) is 5.30. The molecule has 1 aromatic carbocycles. The molecule has 1 aromatic rings. The molecule has 15 heavy (non-hydrogen) atoms. The maximum atomic E-state index is 12.7. The lowest BCUT2D eigenvalue weighted by atomic mass is 9.91. The third kappa shape index (κ3) is 1.99. The Hall–Kier alpha value is -1.42. The molecule has 0 aliphatic carbocycles. The molecule has 0 bridgehead atoms. The summed E-state index contributed by atoms with van der Waals surface area (Å²) in [7, 11) is 1.33. The van der Waals surface area contributed by atoms with Crippen molar-refractivity contribution < 1.29 is 19.0 Å². The highest BCUT2D eigenvalue weighted by Crippen LogP contribution is 2.29. The minimum atomic E-state index is -1.38. The van der Waals surface area contributed by atoms with Crippen molar-refractivity contribution in [3.63, 3.8) is 0 Å². The van der Waals surface area contributed by atoms with Crippen molar-refractivity contribution in [1.82, 2.24) is 0 Å². The molecule has 82 valence electrons. The number of carboxylic acids is 1. The highest BCUT2D eigenvalue weighted by Gasteiger charge is 2.38. The van der Waals surface area contributed by atoms with Gasteiger partial charge in [-0.1, -0.05) is 19.1 Å². The molecule has 1 unspecified atom stereocenters. The van der Waals surface area contributed by atoms with E-state index in [1.807, 2.05) is 0 Å². The predicted octanol–water partition coefficient (Wildman–Crippen LogP) is 2.16. The lowest BCUT2D eigenvalue weighted by Gasteiger charge is -2.26. The number of hydrogen-bond donors (Lipinski definition) is 1. The minimum Gasteiger partial charge on any atom is -0.479 e. The average Bonchev–Trinajstić information content (AvgIpc) is 2.22. The van der Waals surface area contributed by atoms with Gasteiger partial charge in [0.15, 0.2) is 5.60 Å². The summed E-state index contributed by atoms with van der Waals surface area (Å²) in [5.41, 5.74) is -0.936. The Kier molecular flexibility index (Phi) is 3.42. The molecule has 0 aromatic heterocycles. The zero-order chi connectivity index (χ0) is 11.5. The van der Waals surface area contributed by atoms with E-state index in [0.717, 1.165) is 0 Å². The maximum Gasteiger partial charge on any atom is 0.340 e. The van der Waals surface area contributed by atoms with E-state index in [-0.39, 0.29) is 6.42 Å². The van der Waals surface area contributed by atoms with E-state index in [1.54, 1.807) is 6.92 Å². The van der Waals surface area contributed by atoms with Gasteiger partial charge in [0.25, 0.3) is 0 Å². The molecule has 0 aliphatic heterocycles. The fourth-order valence-electron chi connectivity index (χ4n) is 1.55. The first-order valence-corrected chi connectivity index (χ1v) is 4.61. The summed E-state index contributed by atoms with van der Waals surface area (Å²) in [4.78, 5) is 11.2. The Labute approximate surface area is 87.5 Å². The van der Waals surface area contributed by atoms with Crippen LogP contribution in [0.2, 0.25) is 0 Å². The Morgan fingerprint density at radius 2 is 2.00 bits per heavy atom. The van der Waals surface area contributed by atoms with Crippen LogP contribution in [0.1, 0.15) is 18.9 Å². The van der Waals surface area contributed by atoms with Crippen LogP contribution in [0.5, 0.6) is 0 Å². The first kappa shape index (κ1) is 11.7. The van der Waals surface area contributed by atoms with Crippen molar-refractivity contribution >= 4 is 5.97 Å². The van der Waals surface area contributed by atoms with Crippen LogP contribution in [0.3, 0.4) is 0 Å². The van der Waals surface area contributed by atoms with Gasteiger partial charge < -0.3 is 9.84 Å². The van der Waals surface area contributed by atoms with Gasteiger partial charge in [0, 0.05) is 7.11 Å². The summed E-state index contributed by atoms with van der Waals surface area (Å²) in [5, 5.41) is 9.13. The van der Waals surface area contributed by atoms with Crippen molar-refractivity contribution in [2.45, 2.75) is 18.9 Å². The smallest absolute Gasteiger partial charge is 0.340 e. The van der Waals surface area contributed by atoms with Crippen molar-refractivity contribution in [3.8, 4) is 0 Å². The molecule has 1 N–H and O–H groups in total. The monoisotopic (exact) mass is 212 g/mol. The normalized spacial score (nSPS) is 14.6. The van der Waals surface area contributed by atoms with E-state index in [9.17, 15) is 9.18 Å². The van der Waals surface area contributed by atoms with Crippen molar-refractivity contribution in [2.24, 2.45) is 0 Å². The molecule has 0 fully saturated rings. The molecule has 1 atom stereocenters. The molecule has 4 heteroatoms. The molecular weight excluding hydrogens is 199 g/mol. The van der Waals surface area contributed by atoms with Gasteiger partial charge >= 0.3 is 5.97 Å². The Balaban J connectivity index is 3.20. The zero-order valence-electron chi connectivity index (χ0n) is 8.66. The predicted molar refractivity (Wildman–Crippen MR) is 53.0 cm³/mol.